The molecule has 0 aliphatic carbocycles. The summed E-state index contributed by atoms with van der Waals surface area (Å²) in [6.45, 7) is -0.0860. The maximum atomic E-state index is 12.3. The van der Waals surface area contributed by atoms with Gasteiger partial charge in [-0.1, -0.05) is 48.9 Å². The number of hydroxylamine groups is 1. The molecule has 0 bridgehead atoms. The zero-order valence-electron chi connectivity index (χ0n) is 20.2. The Labute approximate surface area is 223 Å². The molecule has 4 N–H and O–H groups in total. The van der Waals surface area contributed by atoms with E-state index in [2.05, 4.69) is 16.7 Å². The van der Waals surface area contributed by atoms with Gasteiger partial charge in [0, 0.05) is 28.4 Å². The molecule has 1 fully saturated rings. The van der Waals surface area contributed by atoms with Gasteiger partial charge in [0.05, 0.1) is 4.75 Å². The number of alkyl carbamates (subject to hydrolysis) is 1. The molecule has 0 saturated carbocycles. The summed E-state index contributed by atoms with van der Waals surface area (Å²) in [6, 6.07) is 20.9. The highest BCUT2D eigenvalue weighted by atomic mass is 32.2. The molecule has 1 aromatic heterocycles. The molecule has 2 heterocycles. The van der Waals surface area contributed by atoms with E-state index < -0.39 is 18.6 Å². The number of thioether (sulfide) groups is 1. The number of thiophene rings is 1. The van der Waals surface area contributed by atoms with Crippen molar-refractivity contribution in [3.63, 3.8) is 0 Å². The molecule has 3 amide bonds. The van der Waals surface area contributed by atoms with Gasteiger partial charge in [-0.2, -0.15) is 0 Å². The molecule has 4 rings (SSSR count). The molecule has 37 heavy (non-hydrogen) atoms. The molecule has 1 atom stereocenters. The van der Waals surface area contributed by atoms with E-state index in [1.54, 1.807) is 34.6 Å². The van der Waals surface area contributed by atoms with Crippen LogP contribution in [-0.4, -0.2) is 35.5 Å². The summed E-state index contributed by atoms with van der Waals surface area (Å²) in [5.74, 6) is 0.149. The van der Waals surface area contributed by atoms with Gasteiger partial charge in [-0.15, -0.1) is 23.1 Å². The number of carbonyl (C=O) groups is 3. The van der Waals surface area contributed by atoms with Gasteiger partial charge in [0.2, 0.25) is 5.91 Å². The Balaban J connectivity index is 1.35. The molecule has 2 aromatic carbocycles. The first-order chi connectivity index (χ1) is 18.0. The van der Waals surface area contributed by atoms with Gasteiger partial charge < -0.3 is 15.4 Å². The Morgan fingerprint density at radius 1 is 0.973 bits per heavy atom. The molecule has 0 spiro atoms. The molecule has 1 aliphatic rings. The zero-order valence-corrected chi connectivity index (χ0v) is 21.8. The topological polar surface area (TPSA) is 117 Å². The Bertz CT molecular complexity index is 1230. The molecule has 0 radical (unpaired) electrons. The van der Waals surface area contributed by atoms with Crippen LogP contribution in [0.5, 0.6) is 0 Å². The van der Waals surface area contributed by atoms with E-state index >= 15 is 0 Å². The zero-order chi connectivity index (χ0) is 26.1. The Kier molecular flexibility index (Phi) is 9.21. The highest BCUT2D eigenvalue weighted by molar-refractivity contribution is 8.00. The fraction of sp³-hybridized carbons (Fsp3) is 0.296. The molecule has 194 valence electrons. The van der Waals surface area contributed by atoms with E-state index in [9.17, 15) is 14.4 Å². The first kappa shape index (κ1) is 26.7. The molecule has 10 heteroatoms. The van der Waals surface area contributed by atoms with Crippen LogP contribution in [-0.2, 0) is 25.6 Å². The summed E-state index contributed by atoms with van der Waals surface area (Å²) in [6.07, 6.45) is 2.59. The summed E-state index contributed by atoms with van der Waals surface area (Å²) < 4.78 is 4.67. The van der Waals surface area contributed by atoms with Crippen molar-refractivity contribution in [1.29, 1.82) is 0 Å². The van der Waals surface area contributed by atoms with Crippen LogP contribution in [0, 0.1) is 0 Å². The first-order valence-electron chi connectivity index (χ1n) is 12.0. The van der Waals surface area contributed by atoms with Crippen LogP contribution < -0.4 is 16.1 Å². The fourth-order valence-corrected chi connectivity index (χ4v) is 7.10. The van der Waals surface area contributed by atoms with Gasteiger partial charge in [-0.05, 0) is 54.0 Å². The van der Waals surface area contributed by atoms with Gasteiger partial charge in [0.25, 0.3) is 5.91 Å². The third-order valence-corrected chi connectivity index (χ3v) is 9.11. The Morgan fingerprint density at radius 2 is 1.81 bits per heavy atom. The summed E-state index contributed by atoms with van der Waals surface area (Å²) in [5, 5.41) is 14.5. The van der Waals surface area contributed by atoms with Crippen molar-refractivity contribution in [2.24, 2.45) is 0 Å². The van der Waals surface area contributed by atoms with Crippen molar-refractivity contribution >= 4 is 46.7 Å². The minimum atomic E-state index is -0.664. The maximum Gasteiger partial charge on any atom is 0.407 e. The van der Waals surface area contributed by atoms with Crippen LogP contribution in [0.25, 0.3) is 10.4 Å². The Hall–Kier alpha value is -3.34. The highest BCUT2D eigenvalue weighted by Gasteiger charge is 2.38. The number of carbonyl (C=O) groups excluding carboxylic acids is 3. The number of ether oxygens (including phenoxy) is 1. The van der Waals surface area contributed by atoms with Gasteiger partial charge in [0.1, 0.15) is 0 Å². The average molecular weight is 540 g/mol. The number of amides is 3. The number of nitrogens with one attached hydrogen (secondary N) is 3. The van der Waals surface area contributed by atoms with Crippen LogP contribution in [0.1, 0.15) is 36.1 Å². The number of benzene rings is 2. The second-order valence-corrected chi connectivity index (χ2v) is 11.3. The quantitative estimate of drug-likeness (QED) is 0.217. The molecule has 1 saturated heterocycles. The van der Waals surface area contributed by atoms with Crippen LogP contribution in [0.2, 0.25) is 0 Å². The SMILES string of the molecule is O=C(C[C@]1(c2ccc(-c3cccc(NC(=O)COC(=O)NCc4ccccc4)c3)s2)CCCCS1)NO. The van der Waals surface area contributed by atoms with Crippen LogP contribution >= 0.6 is 23.1 Å². The number of hydrogen-bond donors (Lipinski definition) is 4. The first-order valence-corrected chi connectivity index (χ1v) is 13.8. The molecular formula is C27H29N3O5S2. The van der Waals surface area contributed by atoms with E-state index in [-0.39, 0.29) is 17.1 Å². The van der Waals surface area contributed by atoms with Crippen molar-refractivity contribution in [1.82, 2.24) is 10.8 Å². The van der Waals surface area contributed by atoms with Crippen molar-refractivity contribution in [3.05, 3.63) is 77.2 Å². The van der Waals surface area contributed by atoms with Crippen molar-refractivity contribution in [2.45, 2.75) is 37.0 Å². The van der Waals surface area contributed by atoms with Crippen LogP contribution in [0.3, 0.4) is 0 Å². The summed E-state index contributed by atoms with van der Waals surface area (Å²) in [7, 11) is 0. The van der Waals surface area contributed by atoms with Crippen molar-refractivity contribution in [3.8, 4) is 10.4 Å². The number of hydrogen-bond acceptors (Lipinski definition) is 7. The second-order valence-electron chi connectivity index (χ2n) is 8.72. The lowest BCUT2D eigenvalue weighted by molar-refractivity contribution is -0.129. The van der Waals surface area contributed by atoms with Gasteiger partial charge in [-0.25, -0.2) is 10.3 Å². The van der Waals surface area contributed by atoms with Gasteiger partial charge in [-0.3, -0.25) is 14.8 Å². The minimum Gasteiger partial charge on any atom is -0.439 e. The minimum absolute atomic E-state index is 0.225. The maximum absolute atomic E-state index is 12.3. The van der Waals surface area contributed by atoms with Crippen LogP contribution in [0.4, 0.5) is 10.5 Å². The summed E-state index contributed by atoms with van der Waals surface area (Å²) >= 11 is 3.39. The molecule has 1 aliphatic heterocycles. The second kappa shape index (κ2) is 12.8. The largest absolute Gasteiger partial charge is 0.439 e. The lowest BCUT2D eigenvalue weighted by Gasteiger charge is -2.35. The standard InChI is InChI=1S/C27H29N3O5S2/c31-24(30-34)16-27(13-4-5-14-36-27)23-12-11-22(37-23)20-9-6-10-21(15-20)29-25(32)18-35-26(33)28-17-19-7-2-1-3-8-19/h1-3,6-12,15,34H,4-5,13-14,16-18H2,(H,28,33)(H,29,32)(H,30,31)/t27-/m0/s1. The van der Waals surface area contributed by atoms with E-state index in [1.807, 2.05) is 54.6 Å². The molecular weight excluding hydrogens is 510 g/mol. The third kappa shape index (κ3) is 7.34. The van der Waals surface area contributed by atoms with E-state index in [4.69, 9.17) is 9.94 Å². The predicted octanol–water partition coefficient (Wildman–Crippen LogP) is 5.29. The molecule has 3 aromatic rings. The van der Waals surface area contributed by atoms with E-state index in [0.717, 1.165) is 45.9 Å². The van der Waals surface area contributed by atoms with E-state index in [1.165, 1.54) is 0 Å². The average Bonchev–Trinajstić information content (AvgIpc) is 3.43. The summed E-state index contributed by atoms with van der Waals surface area (Å²) in [5.41, 5.74) is 4.23. The lowest BCUT2D eigenvalue weighted by atomic mass is 9.94. The normalized spacial score (nSPS) is 17.0. The van der Waals surface area contributed by atoms with Gasteiger partial charge in [0.15, 0.2) is 6.61 Å². The van der Waals surface area contributed by atoms with Gasteiger partial charge >= 0.3 is 6.09 Å². The number of anilines is 1. The third-order valence-electron chi connectivity index (χ3n) is 6.02. The fourth-order valence-electron chi connectivity index (χ4n) is 4.21. The van der Waals surface area contributed by atoms with Crippen molar-refractivity contribution in [2.75, 3.05) is 17.7 Å². The Morgan fingerprint density at radius 3 is 2.57 bits per heavy atom. The monoisotopic (exact) mass is 539 g/mol. The number of rotatable bonds is 9. The highest BCUT2D eigenvalue weighted by Crippen LogP contribution is 2.50. The summed E-state index contributed by atoms with van der Waals surface area (Å²) in [4.78, 5) is 38.4. The van der Waals surface area contributed by atoms with Crippen molar-refractivity contribution < 1.29 is 24.3 Å². The smallest absolute Gasteiger partial charge is 0.407 e. The molecule has 8 nitrogen and oxygen atoms in total. The lowest BCUT2D eigenvalue weighted by Crippen LogP contribution is -2.32. The predicted molar refractivity (Wildman–Crippen MR) is 146 cm³/mol. The van der Waals surface area contributed by atoms with E-state index in [0.29, 0.717) is 12.2 Å². The molecule has 0 unspecified atom stereocenters. The van der Waals surface area contributed by atoms with Crippen LogP contribution in [0.15, 0.2) is 66.7 Å².